The van der Waals surface area contributed by atoms with Crippen LogP contribution in [0.25, 0.3) is 0 Å². The van der Waals surface area contributed by atoms with Crippen molar-refractivity contribution in [3.63, 3.8) is 0 Å². The zero-order chi connectivity index (χ0) is 20.9. The van der Waals surface area contributed by atoms with E-state index in [1.165, 1.54) is 29.7 Å². The Morgan fingerprint density at radius 3 is 2.63 bits per heavy atom. The van der Waals surface area contributed by atoms with Gasteiger partial charge < -0.3 is 9.84 Å². The molecule has 3 aliphatic carbocycles. The maximum Gasteiger partial charge on any atom is 0.131 e. The van der Waals surface area contributed by atoms with Gasteiger partial charge in [-0.15, -0.1) is 0 Å². The van der Waals surface area contributed by atoms with Gasteiger partial charge in [-0.25, -0.2) is 4.39 Å². The lowest BCUT2D eigenvalue weighted by Gasteiger charge is -2.52. The molecule has 1 N–H and O–H groups in total. The molecule has 2 aromatic rings. The predicted octanol–water partition coefficient (Wildman–Crippen LogP) is 5.47. The number of aliphatic hydroxyl groups is 1. The van der Waals surface area contributed by atoms with Crippen LogP contribution < -0.4 is 4.74 Å². The SMILES string of the molecule is COc1ccc2c(c1)CC[C@@H]1[C@@H]2CC[C@@]2(C)[C@H]1CC[C@@]2(O)C#Cc1ccc(F)cc1. The third kappa shape index (κ3) is 2.96. The Morgan fingerprint density at radius 1 is 1.07 bits per heavy atom. The van der Waals surface area contributed by atoms with Crippen LogP contribution in [0.4, 0.5) is 4.39 Å². The standard InChI is InChI=1S/C27H29FO2/c1-26-14-12-23-22-10-8-21(30-2)17-19(22)5-9-24(23)25(26)13-16-27(26,29)15-11-18-3-6-20(28)7-4-18/h3-4,6-8,10,17,23-25,29H,5,9,12-14,16H2,1-2H3/t23-,24-,25+,26+,27+/m1/s1. The summed E-state index contributed by atoms with van der Waals surface area (Å²) in [6, 6.07) is 12.8. The Morgan fingerprint density at radius 2 is 1.87 bits per heavy atom. The van der Waals surface area contributed by atoms with Crippen molar-refractivity contribution in [1.82, 2.24) is 0 Å². The molecular weight excluding hydrogens is 375 g/mol. The average molecular weight is 405 g/mol. The highest BCUT2D eigenvalue weighted by Gasteiger charge is 2.61. The zero-order valence-electron chi connectivity index (χ0n) is 17.7. The molecule has 30 heavy (non-hydrogen) atoms. The summed E-state index contributed by atoms with van der Waals surface area (Å²) < 4.78 is 18.6. The maximum atomic E-state index is 13.2. The summed E-state index contributed by atoms with van der Waals surface area (Å²) in [5, 5.41) is 11.7. The number of methoxy groups -OCH3 is 1. The summed E-state index contributed by atoms with van der Waals surface area (Å²) >= 11 is 0. The first-order valence-corrected chi connectivity index (χ1v) is 11.1. The van der Waals surface area contributed by atoms with E-state index in [-0.39, 0.29) is 11.2 Å². The van der Waals surface area contributed by atoms with Crippen molar-refractivity contribution < 1.29 is 14.2 Å². The van der Waals surface area contributed by atoms with E-state index in [1.54, 1.807) is 19.2 Å². The highest BCUT2D eigenvalue weighted by atomic mass is 19.1. The lowest BCUT2D eigenvalue weighted by molar-refractivity contribution is -0.0647. The molecule has 3 aliphatic rings. The number of halogens is 1. The lowest BCUT2D eigenvalue weighted by Crippen LogP contribution is -2.50. The van der Waals surface area contributed by atoms with E-state index in [1.807, 2.05) is 0 Å². The molecule has 2 aromatic carbocycles. The molecule has 2 saturated carbocycles. The van der Waals surface area contributed by atoms with Crippen LogP contribution in [-0.2, 0) is 6.42 Å². The van der Waals surface area contributed by atoms with E-state index in [0.717, 1.165) is 43.4 Å². The van der Waals surface area contributed by atoms with Gasteiger partial charge in [-0.2, -0.15) is 0 Å². The van der Waals surface area contributed by atoms with Crippen molar-refractivity contribution in [2.75, 3.05) is 7.11 Å². The minimum Gasteiger partial charge on any atom is -0.497 e. The van der Waals surface area contributed by atoms with Crippen LogP contribution in [0, 0.1) is 34.9 Å². The average Bonchev–Trinajstić information content (AvgIpc) is 3.04. The number of hydrogen-bond donors (Lipinski definition) is 1. The van der Waals surface area contributed by atoms with Gasteiger partial charge in [0, 0.05) is 11.0 Å². The first-order valence-electron chi connectivity index (χ1n) is 11.1. The van der Waals surface area contributed by atoms with E-state index in [9.17, 15) is 9.50 Å². The van der Waals surface area contributed by atoms with E-state index in [4.69, 9.17) is 4.74 Å². The molecule has 0 aromatic heterocycles. The van der Waals surface area contributed by atoms with Crippen LogP contribution in [0.2, 0.25) is 0 Å². The molecule has 0 radical (unpaired) electrons. The van der Waals surface area contributed by atoms with Crippen LogP contribution in [0.15, 0.2) is 42.5 Å². The summed E-state index contributed by atoms with van der Waals surface area (Å²) in [6.07, 6.45) is 6.09. The number of benzene rings is 2. The number of rotatable bonds is 1. The van der Waals surface area contributed by atoms with Crippen molar-refractivity contribution in [3.8, 4) is 17.6 Å². The molecule has 0 spiro atoms. The van der Waals surface area contributed by atoms with E-state index >= 15 is 0 Å². The molecule has 5 rings (SSSR count). The predicted molar refractivity (Wildman–Crippen MR) is 116 cm³/mol. The van der Waals surface area contributed by atoms with Gasteiger partial charge in [0.25, 0.3) is 0 Å². The van der Waals surface area contributed by atoms with E-state index < -0.39 is 5.60 Å². The summed E-state index contributed by atoms with van der Waals surface area (Å²) in [5.41, 5.74) is 2.51. The van der Waals surface area contributed by atoms with Gasteiger partial charge >= 0.3 is 0 Å². The molecule has 5 atom stereocenters. The van der Waals surface area contributed by atoms with E-state index in [0.29, 0.717) is 17.8 Å². The smallest absolute Gasteiger partial charge is 0.131 e. The fraction of sp³-hybridized carbons (Fsp3) is 0.481. The fourth-order valence-electron chi connectivity index (χ4n) is 6.62. The van der Waals surface area contributed by atoms with Gasteiger partial charge in [-0.1, -0.05) is 24.8 Å². The van der Waals surface area contributed by atoms with Crippen LogP contribution in [0.3, 0.4) is 0 Å². The molecule has 0 amide bonds. The minimum atomic E-state index is -0.975. The number of hydrogen-bond acceptors (Lipinski definition) is 2. The Bertz CT molecular complexity index is 1020. The molecule has 3 heteroatoms. The Balaban J connectivity index is 1.43. The number of ether oxygens (including phenoxy) is 1. The van der Waals surface area contributed by atoms with Crippen molar-refractivity contribution >= 4 is 0 Å². The van der Waals surface area contributed by atoms with Crippen LogP contribution in [0.1, 0.15) is 61.6 Å². The summed E-state index contributed by atoms with van der Waals surface area (Å²) in [6.45, 7) is 2.25. The molecule has 0 unspecified atom stereocenters. The van der Waals surface area contributed by atoms with Gasteiger partial charge in [0.1, 0.15) is 17.2 Å². The molecule has 0 heterocycles. The van der Waals surface area contributed by atoms with Crippen LogP contribution in [0.5, 0.6) is 5.75 Å². The second-order valence-corrected chi connectivity index (χ2v) is 9.59. The highest BCUT2D eigenvalue weighted by molar-refractivity contribution is 5.42. The monoisotopic (exact) mass is 404 g/mol. The molecule has 0 saturated heterocycles. The molecule has 0 aliphatic heterocycles. The Labute approximate surface area is 178 Å². The summed E-state index contributed by atoms with van der Waals surface area (Å²) in [4.78, 5) is 0. The molecular formula is C27H29FO2. The largest absolute Gasteiger partial charge is 0.497 e. The fourth-order valence-corrected chi connectivity index (χ4v) is 6.62. The van der Waals surface area contributed by atoms with Crippen molar-refractivity contribution in [3.05, 3.63) is 65.0 Å². The van der Waals surface area contributed by atoms with Crippen LogP contribution in [-0.4, -0.2) is 17.8 Å². The number of fused-ring (bicyclic) bond motifs is 5. The first kappa shape index (κ1) is 19.6. The molecule has 0 bridgehead atoms. The van der Waals surface area contributed by atoms with Gasteiger partial charge in [0.15, 0.2) is 0 Å². The number of aryl methyl sites for hydroxylation is 1. The van der Waals surface area contributed by atoms with Crippen molar-refractivity contribution in [2.24, 2.45) is 17.3 Å². The molecule has 2 nitrogen and oxygen atoms in total. The van der Waals surface area contributed by atoms with Gasteiger partial charge in [0.05, 0.1) is 7.11 Å². The van der Waals surface area contributed by atoms with Crippen LogP contribution >= 0.6 is 0 Å². The first-order chi connectivity index (χ1) is 14.4. The van der Waals surface area contributed by atoms with Gasteiger partial charge in [0.2, 0.25) is 0 Å². The third-order valence-corrected chi connectivity index (χ3v) is 8.34. The van der Waals surface area contributed by atoms with Gasteiger partial charge in [-0.3, -0.25) is 0 Å². The second kappa shape index (κ2) is 7.13. The van der Waals surface area contributed by atoms with Gasteiger partial charge in [-0.05, 0) is 104 Å². The quantitative estimate of drug-likeness (QED) is 0.639. The highest BCUT2D eigenvalue weighted by Crippen LogP contribution is 2.64. The Hall–Kier alpha value is -2.31. The van der Waals surface area contributed by atoms with Crippen molar-refractivity contribution in [2.45, 2.75) is 57.0 Å². The summed E-state index contributed by atoms with van der Waals surface area (Å²) in [5.74, 6) is 8.70. The zero-order valence-corrected chi connectivity index (χ0v) is 17.7. The lowest BCUT2D eigenvalue weighted by atomic mass is 9.53. The third-order valence-electron chi connectivity index (χ3n) is 8.34. The summed E-state index contributed by atoms with van der Waals surface area (Å²) in [7, 11) is 1.73. The molecule has 2 fully saturated rings. The normalized spacial score (nSPS) is 34.2. The topological polar surface area (TPSA) is 29.5 Å². The minimum absolute atomic E-state index is 0.189. The van der Waals surface area contributed by atoms with Crippen molar-refractivity contribution in [1.29, 1.82) is 0 Å². The maximum absolute atomic E-state index is 13.2. The molecule has 156 valence electrons. The van der Waals surface area contributed by atoms with E-state index in [2.05, 4.69) is 37.0 Å². The Kier molecular flexibility index (Phi) is 4.67. The second-order valence-electron chi connectivity index (χ2n) is 9.59.